The largest absolute Gasteiger partial charge is 0.495 e. The van der Waals surface area contributed by atoms with Crippen LogP contribution in [-0.2, 0) is 6.18 Å². The third-order valence-corrected chi connectivity index (χ3v) is 3.87. The molecule has 1 amide bonds. The molecule has 0 aliphatic rings. The van der Waals surface area contributed by atoms with Crippen LogP contribution in [0.4, 0.5) is 30.2 Å². The number of anilines is 3. The second-order valence-corrected chi connectivity index (χ2v) is 5.79. The number of aromatic nitrogens is 1. The first kappa shape index (κ1) is 19.2. The molecule has 0 unspecified atom stereocenters. The fourth-order valence-electron chi connectivity index (χ4n) is 2.57. The molecule has 8 heteroatoms. The number of amides is 1. The number of carbonyl (C=O) groups excluding carboxylic acids is 1. The van der Waals surface area contributed by atoms with E-state index in [0.29, 0.717) is 11.4 Å². The topological polar surface area (TPSA) is 63.2 Å². The minimum absolute atomic E-state index is 0.126. The summed E-state index contributed by atoms with van der Waals surface area (Å²) in [5.74, 6) is 0.0157. The van der Waals surface area contributed by atoms with Crippen molar-refractivity contribution in [3.8, 4) is 5.75 Å². The molecular weight excluding hydrogens is 371 g/mol. The van der Waals surface area contributed by atoms with Gasteiger partial charge in [0, 0.05) is 6.20 Å². The number of nitrogens with one attached hydrogen (secondary N) is 2. The second-order valence-electron chi connectivity index (χ2n) is 5.79. The summed E-state index contributed by atoms with van der Waals surface area (Å²) in [4.78, 5) is 16.4. The Labute approximate surface area is 159 Å². The standard InChI is InChI=1S/C20H16F3N3O2/c1-28-18-9-5-4-8-17(18)26-19(27)13-10-14(12-24-11-13)25-16-7-3-2-6-15(16)20(21,22)23/h2-12,25H,1H3,(H,26,27). The number of methoxy groups -OCH3 is 1. The molecule has 5 nitrogen and oxygen atoms in total. The van der Waals surface area contributed by atoms with Gasteiger partial charge in [0.1, 0.15) is 5.75 Å². The molecule has 3 aromatic rings. The van der Waals surface area contributed by atoms with Crippen molar-refractivity contribution in [2.45, 2.75) is 6.18 Å². The van der Waals surface area contributed by atoms with Gasteiger partial charge < -0.3 is 15.4 Å². The second kappa shape index (κ2) is 7.99. The molecule has 1 heterocycles. The molecule has 0 aliphatic carbocycles. The fraction of sp³-hybridized carbons (Fsp3) is 0.100. The summed E-state index contributed by atoms with van der Waals surface area (Å²) in [7, 11) is 1.48. The molecule has 0 atom stereocenters. The van der Waals surface area contributed by atoms with Gasteiger partial charge >= 0.3 is 6.18 Å². The van der Waals surface area contributed by atoms with Crippen LogP contribution >= 0.6 is 0 Å². The predicted octanol–water partition coefficient (Wildman–Crippen LogP) is 5.10. The Morgan fingerprint density at radius 2 is 1.68 bits per heavy atom. The molecule has 0 fully saturated rings. The number of halogens is 3. The quantitative estimate of drug-likeness (QED) is 0.639. The fourth-order valence-corrected chi connectivity index (χ4v) is 2.57. The summed E-state index contributed by atoms with van der Waals surface area (Å²) in [6, 6.07) is 13.4. The lowest BCUT2D eigenvalue weighted by Crippen LogP contribution is -2.13. The van der Waals surface area contributed by atoms with E-state index in [0.717, 1.165) is 6.07 Å². The highest BCUT2D eigenvalue weighted by Crippen LogP contribution is 2.35. The van der Waals surface area contributed by atoms with Crippen molar-refractivity contribution in [2.24, 2.45) is 0 Å². The summed E-state index contributed by atoms with van der Waals surface area (Å²) in [6.07, 6.45) is -1.84. The van der Waals surface area contributed by atoms with Crippen molar-refractivity contribution >= 4 is 23.0 Å². The molecule has 3 rings (SSSR count). The number of pyridine rings is 1. The Morgan fingerprint density at radius 3 is 2.39 bits per heavy atom. The van der Waals surface area contributed by atoms with Crippen molar-refractivity contribution in [3.05, 3.63) is 78.1 Å². The van der Waals surface area contributed by atoms with Crippen molar-refractivity contribution in [1.82, 2.24) is 4.98 Å². The van der Waals surface area contributed by atoms with Gasteiger partial charge in [-0.2, -0.15) is 13.2 Å². The summed E-state index contributed by atoms with van der Waals surface area (Å²) >= 11 is 0. The Bertz CT molecular complexity index is 990. The smallest absolute Gasteiger partial charge is 0.418 e. The van der Waals surface area contributed by atoms with Crippen molar-refractivity contribution in [2.75, 3.05) is 17.7 Å². The lowest BCUT2D eigenvalue weighted by molar-refractivity contribution is -0.136. The molecule has 28 heavy (non-hydrogen) atoms. The highest BCUT2D eigenvalue weighted by molar-refractivity contribution is 6.05. The van der Waals surface area contributed by atoms with E-state index < -0.39 is 17.6 Å². The van der Waals surface area contributed by atoms with Crippen LogP contribution in [0.15, 0.2) is 67.0 Å². The summed E-state index contributed by atoms with van der Waals surface area (Å²) < 4.78 is 44.6. The number of benzene rings is 2. The van der Waals surface area contributed by atoms with E-state index in [9.17, 15) is 18.0 Å². The van der Waals surface area contributed by atoms with Crippen LogP contribution in [0, 0.1) is 0 Å². The van der Waals surface area contributed by atoms with Crippen LogP contribution < -0.4 is 15.4 Å². The number of nitrogens with zero attached hydrogens (tertiary/aromatic N) is 1. The molecule has 0 saturated carbocycles. The van der Waals surface area contributed by atoms with Gasteiger partial charge in [-0.15, -0.1) is 0 Å². The minimum Gasteiger partial charge on any atom is -0.495 e. The van der Waals surface area contributed by atoms with Crippen LogP contribution in [0.25, 0.3) is 0 Å². The summed E-state index contributed by atoms with van der Waals surface area (Å²) in [6.45, 7) is 0. The van der Waals surface area contributed by atoms with Crippen LogP contribution in [0.2, 0.25) is 0 Å². The molecule has 0 aliphatic heterocycles. The average molecular weight is 387 g/mol. The number of alkyl halides is 3. The molecule has 144 valence electrons. The Kier molecular flexibility index (Phi) is 5.49. The zero-order chi connectivity index (χ0) is 20.1. The average Bonchev–Trinajstić information content (AvgIpc) is 2.68. The number of hydrogen-bond acceptors (Lipinski definition) is 4. The molecule has 0 spiro atoms. The highest BCUT2D eigenvalue weighted by Gasteiger charge is 2.33. The van der Waals surface area contributed by atoms with Gasteiger partial charge in [-0.05, 0) is 30.3 Å². The maximum atomic E-state index is 13.1. The van der Waals surface area contributed by atoms with Crippen molar-refractivity contribution in [1.29, 1.82) is 0 Å². The van der Waals surface area contributed by atoms with E-state index >= 15 is 0 Å². The van der Waals surface area contributed by atoms with Gasteiger partial charge in [0.05, 0.1) is 41.5 Å². The molecule has 2 aromatic carbocycles. The Morgan fingerprint density at radius 1 is 1.00 bits per heavy atom. The van der Waals surface area contributed by atoms with Gasteiger partial charge in [0.25, 0.3) is 5.91 Å². The number of hydrogen-bond donors (Lipinski definition) is 2. The SMILES string of the molecule is COc1ccccc1NC(=O)c1cncc(Nc2ccccc2C(F)(F)F)c1. The van der Waals surface area contributed by atoms with Crippen molar-refractivity contribution in [3.63, 3.8) is 0 Å². The summed E-state index contributed by atoms with van der Waals surface area (Å²) in [5.41, 5.74) is -0.0292. The number of rotatable bonds is 5. The van der Waals surface area contributed by atoms with Crippen LogP contribution in [0.1, 0.15) is 15.9 Å². The highest BCUT2D eigenvalue weighted by atomic mass is 19.4. The van der Waals surface area contributed by atoms with E-state index in [-0.39, 0.29) is 16.9 Å². The Balaban J connectivity index is 1.83. The first-order chi connectivity index (χ1) is 13.4. The molecule has 0 radical (unpaired) electrons. The van der Waals surface area contributed by atoms with Gasteiger partial charge in [-0.3, -0.25) is 9.78 Å². The monoisotopic (exact) mass is 387 g/mol. The first-order valence-electron chi connectivity index (χ1n) is 8.21. The lowest BCUT2D eigenvalue weighted by atomic mass is 10.1. The molecular formula is C20H16F3N3O2. The first-order valence-corrected chi connectivity index (χ1v) is 8.21. The predicted molar refractivity (Wildman–Crippen MR) is 99.9 cm³/mol. The zero-order valence-corrected chi connectivity index (χ0v) is 14.7. The third-order valence-electron chi connectivity index (χ3n) is 3.87. The van der Waals surface area contributed by atoms with E-state index in [1.807, 2.05) is 0 Å². The maximum absolute atomic E-state index is 13.1. The zero-order valence-electron chi connectivity index (χ0n) is 14.7. The molecule has 2 N–H and O–H groups in total. The van der Waals surface area contributed by atoms with E-state index in [1.54, 1.807) is 24.3 Å². The van der Waals surface area contributed by atoms with E-state index in [4.69, 9.17) is 4.74 Å². The van der Waals surface area contributed by atoms with Crippen LogP contribution in [-0.4, -0.2) is 18.0 Å². The van der Waals surface area contributed by atoms with Gasteiger partial charge in [0.2, 0.25) is 0 Å². The van der Waals surface area contributed by atoms with Crippen molar-refractivity contribution < 1.29 is 22.7 Å². The van der Waals surface area contributed by atoms with Gasteiger partial charge in [0.15, 0.2) is 0 Å². The molecule has 0 bridgehead atoms. The van der Waals surface area contributed by atoms with Gasteiger partial charge in [-0.25, -0.2) is 0 Å². The van der Waals surface area contributed by atoms with Gasteiger partial charge in [-0.1, -0.05) is 24.3 Å². The van der Waals surface area contributed by atoms with E-state index in [1.165, 1.54) is 43.8 Å². The Hall–Kier alpha value is -3.55. The number of ether oxygens (including phenoxy) is 1. The molecule has 0 saturated heterocycles. The lowest BCUT2D eigenvalue weighted by Gasteiger charge is -2.15. The maximum Gasteiger partial charge on any atom is 0.418 e. The van der Waals surface area contributed by atoms with Crippen LogP contribution in [0.5, 0.6) is 5.75 Å². The van der Waals surface area contributed by atoms with Crippen LogP contribution in [0.3, 0.4) is 0 Å². The number of carbonyl (C=O) groups is 1. The third kappa shape index (κ3) is 4.40. The molecule has 1 aromatic heterocycles. The normalized spacial score (nSPS) is 11.0. The van der Waals surface area contributed by atoms with E-state index in [2.05, 4.69) is 15.6 Å². The minimum atomic E-state index is -4.50. The summed E-state index contributed by atoms with van der Waals surface area (Å²) in [5, 5.41) is 5.37. The number of para-hydroxylation sites is 3.